The standard InChI is InChI=1S/C18H12ClF4N3O/c1-26-16(13(18(24)27)15(25-26)17(22)23)10-5-3-2-4-9(10)8-6-11(20)14(19)12(21)7-8/h2-7,17H,1H3,(H2,24,27). The highest BCUT2D eigenvalue weighted by atomic mass is 35.5. The normalized spacial score (nSPS) is 11.2. The van der Waals surface area contributed by atoms with Gasteiger partial charge in [0.25, 0.3) is 12.3 Å². The Morgan fingerprint density at radius 1 is 1.15 bits per heavy atom. The molecule has 4 nitrogen and oxygen atoms in total. The van der Waals surface area contributed by atoms with Gasteiger partial charge in [-0.25, -0.2) is 17.6 Å². The molecule has 0 spiro atoms. The van der Waals surface area contributed by atoms with Crippen LogP contribution < -0.4 is 5.73 Å². The number of nitrogens with zero attached hydrogens (tertiary/aromatic N) is 2. The lowest BCUT2D eigenvalue weighted by atomic mass is 9.95. The molecule has 0 saturated heterocycles. The van der Waals surface area contributed by atoms with Crippen LogP contribution in [0.3, 0.4) is 0 Å². The third-order valence-corrected chi connectivity index (χ3v) is 4.37. The van der Waals surface area contributed by atoms with E-state index in [1.165, 1.54) is 19.2 Å². The number of rotatable bonds is 4. The lowest BCUT2D eigenvalue weighted by Gasteiger charge is -2.12. The maximum Gasteiger partial charge on any atom is 0.282 e. The third kappa shape index (κ3) is 3.28. The van der Waals surface area contributed by atoms with Gasteiger partial charge in [0.2, 0.25) is 0 Å². The van der Waals surface area contributed by atoms with Crippen molar-refractivity contribution in [1.29, 1.82) is 0 Å². The molecule has 2 aromatic carbocycles. The van der Waals surface area contributed by atoms with Crippen LogP contribution in [-0.4, -0.2) is 15.7 Å². The number of hydrogen-bond donors (Lipinski definition) is 1. The van der Waals surface area contributed by atoms with Crippen LogP contribution in [0.15, 0.2) is 36.4 Å². The van der Waals surface area contributed by atoms with Crippen LogP contribution in [0, 0.1) is 11.6 Å². The molecule has 1 aromatic heterocycles. The van der Waals surface area contributed by atoms with Crippen LogP contribution in [0.25, 0.3) is 22.4 Å². The summed E-state index contributed by atoms with van der Waals surface area (Å²) in [5.74, 6) is -3.04. The van der Waals surface area contributed by atoms with E-state index >= 15 is 0 Å². The fourth-order valence-corrected chi connectivity index (χ4v) is 3.01. The minimum atomic E-state index is -3.02. The van der Waals surface area contributed by atoms with Crippen molar-refractivity contribution in [2.24, 2.45) is 12.8 Å². The Hall–Kier alpha value is -2.87. The monoisotopic (exact) mass is 397 g/mol. The van der Waals surface area contributed by atoms with Crippen molar-refractivity contribution in [2.45, 2.75) is 6.43 Å². The van der Waals surface area contributed by atoms with E-state index in [9.17, 15) is 22.4 Å². The zero-order chi connectivity index (χ0) is 19.9. The first kappa shape index (κ1) is 18.9. The van der Waals surface area contributed by atoms with Crippen LogP contribution in [0.2, 0.25) is 5.02 Å². The summed E-state index contributed by atoms with van der Waals surface area (Å²) in [5.41, 5.74) is 4.77. The van der Waals surface area contributed by atoms with E-state index < -0.39 is 40.2 Å². The lowest BCUT2D eigenvalue weighted by molar-refractivity contribution is 0.0985. The lowest BCUT2D eigenvalue weighted by Crippen LogP contribution is -2.14. The number of aryl methyl sites for hydroxylation is 1. The Morgan fingerprint density at radius 2 is 1.70 bits per heavy atom. The number of nitrogens with two attached hydrogens (primary N) is 1. The highest BCUT2D eigenvalue weighted by Crippen LogP contribution is 2.38. The molecule has 0 atom stereocenters. The summed E-state index contributed by atoms with van der Waals surface area (Å²) in [6.07, 6.45) is -3.02. The SMILES string of the molecule is Cn1nc(C(F)F)c(C(N)=O)c1-c1ccccc1-c1cc(F)c(Cl)c(F)c1. The van der Waals surface area contributed by atoms with Gasteiger partial charge in [-0.1, -0.05) is 35.9 Å². The average molecular weight is 398 g/mol. The number of carbonyl (C=O) groups excluding carboxylic acids is 1. The summed E-state index contributed by atoms with van der Waals surface area (Å²) in [4.78, 5) is 11.8. The highest BCUT2D eigenvalue weighted by Gasteiger charge is 2.28. The van der Waals surface area contributed by atoms with Crippen LogP contribution in [-0.2, 0) is 7.05 Å². The van der Waals surface area contributed by atoms with E-state index in [4.69, 9.17) is 17.3 Å². The second kappa shape index (κ2) is 7.03. The van der Waals surface area contributed by atoms with Crippen molar-refractivity contribution < 1.29 is 22.4 Å². The number of aromatic nitrogens is 2. The summed E-state index contributed by atoms with van der Waals surface area (Å²) in [7, 11) is 1.37. The van der Waals surface area contributed by atoms with Crippen molar-refractivity contribution in [3.05, 3.63) is 64.3 Å². The molecule has 27 heavy (non-hydrogen) atoms. The largest absolute Gasteiger partial charge is 0.365 e. The predicted molar refractivity (Wildman–Crippen MR) is 92.5 cm³/mol. The van der Waals surface area contributed by atoms with Gasteiger partial charge < -0.3 is 5.73 Å². The molecule has 0 saturated carbocycles. The van der Waals surface area contributed by atoms with Crippen LogP contribution in [0.1, 0.15) is 22.5 Å². The first-order valence-electron chi connectivity index (χ1n) is 7.61. The molecular weight excluding hydrogens is 386 g/mol. The number of carbonyl (C=O) groups is 1. The topological polar surface area (TPSA) is 60.9 Å². The highest BCUT2D eigenvalue weighted by molar-refractivity contribution is 6.31. The van der Waals surface area contributed by atoms with E-state index in [1.54, 1.807) is 12.1 Å². The Labute approximate surface area is 156 Å². The van der Waals surface area contributed by atoms with Gasteiger partial charge >= 0.3 is 0 Å². The van der Waals surface area contributed by atoms with E-state index in [0.29, 0.717) is 5.56 Å². The van der Waals surface area contributed by atoms with Crippen LogP contribution in [0.5, 0.6) is 0 Å². The number of alkyl halides is 2. The molecule has 0 bridgehead atoms. The number of hydrogen-bond acceptors (Lipinski definition) is 2. The van der Waals surface area contributed by atoms with Crippen molar-refractivity contribution in [1.82, 2.24) is 9.78 Å². The van der Waals surface area contributed by atoms with Crippen LogP contribution in [0.4, 0.5) is 17.6 Å². The Bertz CT molecular complexity index is 1030. The van der Waals surface area contributed by atoms with E-state index in [0.717, 1.165) is 16.8 Å². The van der Waals surface area contributed by atoms with E-state index in [-0.39, 0.29) is 16.8 Å². The quantitative estimate of drug-likeness (QED) is 0.511. The molecule has 0 aliphatic rings. The maximum atomic E-state index is 13.9. The molecule has 2 N–H and O–H groups in total. The van der Waals surface area contributed by atoms with Crippen molar-refractivity contribution in [2.75, 3.05) is 0 Å². The molecule has 1 amide bonds. The first-order chi connectivity index (χ1) is 12.7. The Kier molecular flexibility index (Phi) is 4.93. The van der Waals surface area contributed by atoms with Gasteiger partial charge in [0.05, 0.1) is 11.3 Å². The summed E-state index contributed by atoms with van der Waals surface area (Å²) in [6, 6.07) is 8.24. The van der Waals surface area contributed by atoms with E-state index in [1.807, 2.05) is 0 Å². The molecule has 9 heteroatoms. The van der Waals surface area contributed by atoms with Gasteiger partial charge in [-0.3, -0.25) is 9.48 Å². The molecule has 0 fully saturated rings. The Balaban J connectivity index is 2.32. The summed E-state index contributed by atoms with van der Waals surface area (Å²) >= 11 is 5.52. The van der Waals surface area contributed by atoms with Gasteiger partial charge in [-0.2, -0.15) is 5.10 Å². The van der Waals surface area contributed by atoms with Crippen molar-refractivity contribution in [3.63, 3.8) is 0 Å². The van der Waals surface area contributed by atoms with Crippen LogP contribution >= 0.6 is 11.6 Å². The molecule has 0 aliphatic carbocycles. The minimum absolute atomic E-state index is 0.0177. The zero-order valence-electron chi connectivity index (χ0n) is 13.8. The third-order valence-electron chi connectivity index (χ3n) is 4.00. The van der Waals surface area contributed by atoms with Crippen molar-refractivity contribution in [3.8, 4) is 22.4 Å². The molecular formula is C18H12ClF4N3O. The maximum absolute atomic E-state index is 13.9. The van der Waals surface area contributed by atoms with Gasteiger partial charge in [0, 0.05) is 12.6 Å². The number of benzene rings is 2. The van der Waals surface area contributed by atoms with Gasteiger partial charge in [0.1, 0.15) is 22.4 Å². The van der Waals surface area contributed by atoms with Gasteiger partial charge in [0.15, 0.2) is 0 Å². The number of amides is 1. The predicted octanol–water partition coefficient (Wildman–Crippen LogP) is 4.72. The molecule has 0 radical (unpaired) electrons. The number of halogens is 5. The fourth-order valence-electron chi connectivity index (χ4n) is 2.90. The summed E-state index contributed by atoms with van der Waals surface area (Å²) < 4.78 is 55.4. The summed E-state index contributed by atoms with van der Waals surface area (Å²) in [5, 5.41) is 3.03. The molecule has 140 valence electrons. The second-order valence-electron chi connectivity index (χ2n) is 5.70. The molecule has 3 rings (SSSR count). The van der Waals surface area contributed by atoms with Gasteiger partial charge in [-0.15, -0.1) is 0 Å². The second-order valence-corrected chi connectivity index (χ2v) is 6.07. The summed E-state index contributed by atoms with van der Waals surface area (Å²) in [6.45, 7) is 0. The minimum Gasteiger partial charge on any atom is -0.365 e. The molecule has 0 unspecified atom stereocenters. The fraction of sp³-hybridized carbons (Fsp3) is 0.111. The average Bonchev–Trinajstić information content (AvgIpc) is 2.97. The smallest absolute Gasteiger partial charge is 0.282 e. The van der Waals surface area contributed by atoms with Crippen molar-refractivity contribution >= 4 is 17.5 Å². The molecule has 1 heterocycles. The van der Waals surface area contributed by atoms with Gasteiger partial charge in [-0.05, 0) is 23.3 Å². The molecule has 0 aliphatic heterocycles. The molecule has 3 aromatic rings. The number of primary amides is 1. The Morgan fingerprint density at radius 3 is 2.22 bits per heavy atom. The van der Waals surface area contributed by atoms with E-state index in [2.05, 4.69) is 5.10 Å². The zero-order valence-corrected chi connectivity index (χ0v) is 14.6. The first-order valence-corrected chi connectivity index (χ1v) is 7.99.